The van der Waals surface area contributed by atoms with Gasteiger partial charge in [-0.2, -0.15) is 0 Å². The maximum Gasteiger partial charge on any atom is 0.351 e. The van der Waals surface area contributed by atoms with Gasteiger partial charge in [-0.3, -0.25) is 0 Å². The van der Waals surface area contributed by atoms with Crippen molar-refractivity contribution in [3.8, 4) is 0 Å². The summed E-state index contributed by atoms with van der Waals surface area (Å²) in [5.74, 6) is -1.23. The third kappa shape index (κ3) is 1.77. The van der Waals surface area contributed by atoms with Gasteiger partial charge in [0.2, 0.25) is 0 Å². The van der Waals surface area contributed by atoms with E-state index in [1.807, 2.05) is 6.07 Å². The number of carbonyl (C=O) groups is 1. The summed E-state index contributed by atoms with van der Waals surface area (Å²) in [6, 6.07) is 3.40. The summed E-state index contributed by atoms with van der Waals surface area (Å²) >= 11 is 0. The van der Waals surface area contributed by atoms with Crippen molar-refractivity contribution < 1.29 is 14.3 Å². The second-order valence-electron chi connectivity index (χ2n) is 5.72. The highest BCUT2D eigenvalue weighted by Crippen LogP contribution is 2.39. The van der Waals surface area contributed by atoms with Gasteiger partial charge in [0, 0.05) is 24.2 Å². The topological polar surface area (TPSA) is 70.7 Å². The Morgan fingerprint density at radius 3 is 2.71 bits per heavy atom. The molecular formula is C16H15NO4. The number of benzene rings is 1. The Hall–Kier alpha value is -2.30. The van der Waals surface area contributed by atoms with Crippen molar-refractivity contribution in [1.82, 2.24) is 0 Å². The van der Waals surface area contributed by atoms with E-state index < -0.39 is 11.6 Å². The summed E-state index contributed by atoms with van der Waals surface area (Å²) in [7, 11) is 0. The fraction of sp³-hybridized carbons (Fsp3) is 0.375. The highest BCUT2D eigenvalue weighted by Gasteiger charge is 2.27. The molecule has 0 radical (unpaired) electrons. The third-order valence-corrected chi connectivity index (χ3v) is 4.47. The average Bonchev–Trinajstić information content (AvgIpc) is 2.47. The van der Waals surface area contributed by atoms with Crippen LogP contribution in [-0.2, 0) is 12.8 Å². The van der Waals surface area contributed by atoms with E-state index in [0.29, 0.717) is 5.58 Å². The zero-order chi connectivity index (χ0) is 14.6. The normalized spacial score (nSPS) is 16.9. The van der Waals surface area contributed by atoms with Gasteiger partial charge >= 0.3 is 11.6 Å². The van der Waals surface area contributed by atoms with Crippen LogP contribution in [0.5, 0.6) is 0 Å². The first kappa shape index (κ1) is 12.4. The molecule has 1 aromatic heterocycles. The molecule has 108 valence electrons. The minimum absolute atomic E-state index is 0.286. The summed E-state index contributed by atoms with van der Waals surface area (Å²) in [6.45, 7) is 2.10. The molecule has 0 saturated heterocycles. The molecule has 0 saturated carbocycles. The molecule has 2 aliphatic heterocycles. The zero-order valence-corrected chi connectivity index (χ0v) is 11.5. The lowest BCUT2D eigenvalue weighted by molar-refractivity contribution is 0.0692. The number of hydrogen-bond donors (Lipinski definition) is 1. The van der Waals surface area contributed by atoms with Crippen LogP contribution in [0, 0.1) is 0 Å². The van der Waals surface area contributed by atoms with E-state index in [1.165, 1.54) is 17.3 Å². The molecule has 0 spiro atoms. The minimum atomic E-state index is -1.23. The zero-order valence-electron chi connectivity index (χ0n) is 11.5. The smallest absolute Gasteiger partial charge is 0.351 e. The summed E-state index contributed by atoms with van der Waals surface area (Å²) in [5.41, 5.74) is 3.05. The van der Waals surface area contributed by atoms with E-state index in [9.17, 15) is 9.59 Å². The van der Waals surface area contributed by atoms with Crippen LogP contribution >= 0.6 is 0 Å². The first-order chi connectivity index (χ1) is 10.1. The lowest BCUT2D eigenvalue weighted by Gasteiger charge is -2.37. The minimum Gasteiger partial charge on any atom is -0.477 e. The Labute approximate surface area is 120 Å². The molecule has 2 aromatic rings. The second kappa shape index (κ2) is 4.35. The van der Waals surface area contributed by atoms with Gasteiger partial charge in [0.05, 0.1) is 0 Å². The van der Waals surface area contributed by atoms with Crippen molar-refractivity contribution in [1.29, 1.82) is 0 Å². The Bertz CT molecular complexity index is 819. The van der Waals surface area contributed by atoms with Gasteiger partial charge in [0.25, 0.3) is 0 Å². The third-order valence-electron chi connectivity index (χ3n) is 4.47. The molecule has 1 aromatic carbocycles. The van der Waals surface area contributed by atoms with Crippen LogP contribution in [0.15, 0.2) is 21.3 Å². The fourth-order valence-electron chi connectivity index (χ4n) is 3.60. The summed E-state index contributed by atoms with van der Waals surface area (Å²) < 4.78 is 5.27. The van der Waals surface area contributed by atoms with Crippen LogP contribution in [0.4, 0.5) is 5.69 Å². The number of aryl methyl sites for hydroxylation is 2. The van der Waals surface area contributed by atoms with Crippen molar-refractivity contribution in [2.75, 3.05) is 18.0 Å². The Balaban J connectivity index is 2.09. The Morgan fingerprint density at radius 2 is 1.95 bits per heavy atom. The molecule has 0 atom stereocenters. The first-order valence-corrected chi connectivity index (χ1v) is 7.26. The first-order valence-electron chi connectivity index (χ1n) is 7.26. The van der Waals surface area contributed by atoms with Crippen LogP contribution in [0.25, 0.3) is 11.0 Å². The predicted octanol–water partition coefficient (Wildman–Crippen LogP) is 2.19. The molecule has 21 heavy (non-hydrogen) atoms. The lowest BCUT2D eigenvalue weighted by Crippen LogP contribution is -2.34. The van der Waals surface area contributed by atoms with Gasteiger partial charge in [-0.25, -0.2) is 9.59 Å². The van der Waals surface area contributed by atoms with Gasteiger partial charge < -0.3 is 14.4 Å². The number of fused-ring (bicyclic) bond motifs is 2. The number of aromatic carboxylic acids is 1. The van der Waals surface area contributed by atoms with Crippen LogP contribution in [0.2, 0.25) is 0 Å². The summed E-state index contributed by atoms with van der Waals surface area (Å²) in [4.78, 5) is 25.3. The van der Waals surface area contributed by atoms with Crippen LogP contribution in [0.3, 0.4) is 0 Å². The quantitative estimate of drug-likeness (QED) is 0.813. The highest BCUT2D eigenvalue weighted by molar-refractivity contribution is 5.95. The predicted molar refractivity (Wildman–Crippen MR) is 78.3 cm³/mol. The van der Waals surface area contributed by atoms with E-state index in [1.54, 1.807) is 0 Å². The van der Waals surface area contributed by atoms with Crippen molar-refractivity contribution in [2.24, 2.45) is 0 Å². The number of nitrogens with zero attached hydrogens (tertiary/aromatic N) is 1. The van der Waals surface area contributed by atoms with Crippen molar-refractivity contribution in [3.63, 3.8) is 0 Å². The molecule has 4 rings (SSSR count). The molecular weight excluding hydrogens is 270 g/mol. The summed E-state index contributed by atoms with van der Waals surface area (Å²) in [6.07, 6.45) is 4.05. The van der Waals surface area contributed by atoms with Crippen LogP contribution in [-0.4, -0.2) is 24.2 Å². The molecule has 0 unspecified atom stereocenters. The number of carboxylic acid groups (broad SMARTS) is 1. The number of anilines is 1. The molecule has 5 heteroatoms. The molecule has 1 N–H and O–H groups in total. The standard InChI is InChI=1S/C16H15NO4/c18-15(19)12-8-11-10-4-2-6-17-5-1-3-9(14(10)17)7-13(11)21-16(12)20/h7-8H,1-6H2,(H,18,19). The van der Waals surface area contributed by atoms with E-state index in [2.05, 4.69) is 4.90 Å². The Morgan fingerprint density at radius 1 is 1.19 bits per heavy atom. The molecule has 5 nitrogen and oxygen atoms in total. The van der Waals surface area contributed by atoms with Gasteiger partial charge in [0.1, 0.15) is 11.1 Å². The van der Waals surface area contributed by atoms with E-state index in [-0.39, 0.29) is 5.56 Å². The molecule has 3 heterocycles. The molecule has 0 aliphatic carbocycles. The van der Waals surface area contributed by atoms with E-state index >= 15 is 0 Å². The number of rotatable bonds is 1. The van der Waals surface area contributed by atoms with Crippen molar-refractivity contribution >= 4 is 22.6 Å². The summed E-state index contributed by atoms with van der Waals surface area (Å²) in [5, 5.41) is 9.90. The highest BCUT2D eigenvalue weighted by atomic mass is 16.4. The Kier molecular flexibility index (Phi) is 2.58. The fourth-order valence-corrected chi connectivity index (χ4v) is 3.60. The molecule has 2 aliphatic rings. The van der Waals surface area contributed by atoms with E-state index in [0.717, 1.165) is 49.7 Å². The maximum atomic E-state index is 11.8. The SMILES string of the molecule is O=C(O)c1cc2c3c4c(cc2oc1=O)CCCN4CCC3. The van der Waals surface area contributed by atoms with Crippen molar-refractivity contribution in [2.45, 2.75) is 25.7 Å². The maximum absolute atomic E-state index is 11.8. The van der Waals surface area contributed by atoms with Gasteiger partial charge in [-0.05, 0) is 48.9 Å². The average molecular weight is 285 g/mol. The van der Waals surface area contributed by atoms with Crippen LogP contribution in [0.1, 0.15) is 34.3 Å². The molecule has 0 fully saturated rings. The monoisotopic (exact) mass is 285 g/mol. The lowest BCUT2D eigenvalue weighted by atomic mass is 9.89. The molecule has 0 bridgehead atoms. The van der Waals surface area contributed by atoms with Gasteiger partial charge in [-0.1, -0.05) is 0 Å². The molecule has 0 amide bonds. The van der Waals surface area contributed by atoms with Crippen LogP contribution < -0.4 is 10.5 Å². The van der Waals surface area contributed by atoms with Crippen molar-refractivity contribution in [3.05, 3.63) is 39.2 Å². The largest absolute Gasteiger partial charge is 0.477 e. The number of hydrogen-bond acceptors (Lipinski definition) is 4. The van der Waals surface area contributed by atoms with Gasteiger partial charge in [-0.15, -0.1) is 0 Å². The van der Waals surface area contributed by atoms with E-state index in [4.69, 9.17) is 9.52 Å². The van der Waals surface area contributed by atoms with Gasteiger partial charge in [0.15, 0.2) is 0 Å². The number of carboxylic acids is 1. The second-order valence-corrected chi connectivity index (χ2v) is 5.72.